The first-order valence-electron chi connectivity index (χ1n) is 5.84. The summed E-state index contributed by atoms with van der Waals surface area (Å²) in [5.41, 5.74) is 7.18. The molecule has 0 fully saturated rings. The summed E-state index contributed by atoms with van der Waals surface area (Å²) in [5, 5.41) is 0. The molecule has 0 saturated carbocycles. The molecule has 0 aromatic carbocycles. The van der Waals surface area contributed by atoms with Crippen LogP contribution in [0.4, 0.5) is 5.82 Å². The Labute approximate surface area is 126 Å². The molecule has 6 nitrogen and oxygen atoms in total. The number of anilines is 1. The Bertz CT molecular complexity index is 740. The highest BCUT2D eigenvalue weighted by atomic mass is 79.9. The van der Waals surface area contributed by atoms with Crippen LogP contribution in [0.2, 0.25) is 0 Å². The SMILES string of the molecule is Cc1cc(NS(=O)(=O)c2cc(CN)n(C)c2)ncc1Br. The number of aryl methyl sites for hydroxylation is 2. The largest absolute Gasteiger partial charge is 0.352 e. The lowest BCUT2D eigenvalue weighted by molar-refractivity contribution is 0.601. The first-order chi connectivity index (χ1) is 9.33. The van der Waals surface area contributed by atoms with Crippen molar-refractivity contribution in [3.05, 3.63) is 40.3 Å². The smallest absolute Gasteiger partial charge is 0.264 e. The van der Waals surface area contributed by atoms with Crippen molar-refractivity contribution in [2.75, 3.05) is 4.72 Å². The summed E-state index contributed by atoms with van der Waals surface area (Å²) < 4.78 is 29.5. The number of pyridine rings is 1. The fourth-order valence-electron chi connectivity index (χ4n) is 1.72. The van der Waals surface area contributed by atoms with Crippen LogP contribution in [0.5, 0.6) is 0 Å². The molecular weight excluding hydrogens is 344 g/mol. The van der Waals surface area contributed by atoms with E-state index in [1.54, 1.807) is 29.9 Å². The Morgan fingerprint density at radius 3 is 2.70 bits per heavy atom. The average molecular weight is 359 g/mol. The van der Waals surface area contributed by atoms with Gasteiger partial charge in [0.2, 0.25) is 0 Å². The number of hydrogen-bond donors (Lipinski definition) is 2. The fraction of sp³-hybridized carbons (Fsp3) is 0.250. The summed E-state index contributed by atoms with van der Waals surface area (Å²) in [4.78, 5) is 4.20. The molecule has 0 unspecified atom stereocenters. The molecule has 0 amide bonds. The summed E-state index contributed by atoms with van der Waals surface area (Å²) in [6, 6.07) is 3.21. The number of halogens is 1. The van der Waals surface area contributed by atoms with Gasteiger partial charge in [0.1, 0.15) is 10.7 Å². The lowest BCUT2D eigenvalue weighted by Gasteiger charge is -2.07. The highest BCUT2D eigenvalue weighted by Crippen LogP contribution is 2.20. The number of nitrogens with zero attached hydrogens (tertiary/aromatic N) is 2. The van der Waals surface area contributed by atoms with Gasteiger partial charge in [-0.25, -0.2) is 13.4 Å². The number of nitrogens with two attached hydrogens (primary N) is 1. The van der Waals surface area contributed by atoms with Gasteiger partial charge in [0, 0.05) is 36.2 Å². The van der Waals surface area contributed by atoms with Crippen LogP contribution in [0.15, 0.2) is 33.9 Å². The van der Waals surface area contributed by atoms with Crippen molar-refractivity contribution in [2.24, 2.45) is 12.8 Å². The maximum absolute atomic E-state index is 12.3. The lowest BCUT2D eigenvalue weighted by Crippen LogP contribution is -2.13. The van der Waals surface area contributed by atoms with Gasteiger partial charge in [-0.05, 0) is 40.5 Å². The van der Waals surface area contributed by atoms with Gasteiger partial charge >= 0.3 is 0 Å². The number of nitrogens with one attached hydrogen (secondary N) is 1. The van der Waals surface area contributed by atoms with Crippen molar-refractivity contribution < 1.29 is 8.42 Å². The standard InChI is InChI=1S/C12H15BrN4O2S/c1-8-3-12(15-6-11(8)13)16-20(18,19)10-4-9(5-14)17(2)7-10/h3-4,6-7H,5,14H2,1-2H3,(H,15,16). The Morgan fingerprint density at radius 1 is 1.45 bits per heavy atom. The Kier molecular flexibility index (Phi) is 4.17. The molecule has 20 heavy (non-hydrogen) atoms. The highest BCUT2D eigenvalue weighted by molar-refractivity contribution is 9.10. The second kappa shape index (κ2) is 5.55. The predicted octanol–water partition coefficient (Wildman–Crippen LogP) is 1.75. The first kappa shape index (κ1) is 15.0. The molecule has 2 rings (SSSR count). The van der Waals surface area contributed by atoms with Crippen LogP contribution in [0.1, 0.15) is 11.3 Å². The normalized spacial score (nSPS) is 11.6. The minimum Gasteiger partial charge on any atom is -0.352 e. The van der Waals surface area contributed by atoms with E-state index >= 15 is 0 Å². The van der Waals surface area contributed by atoms with Crippen molar-refractivity contribution in [3.63, 3.8) is 0 Å². The number of hydrogen-bond acceptors (Lipinski definition) is 4. The van der Waals surface area contributed by atoms with E-state index < -0.39 is 10.0 Å². The van der Waals surface area contributed by atoms with Gasteiger partial charge in [0.05, 0.1) is 0 Å². The van der Waals surface area contributed by atoms with Crippen molar-refractivity contribution >= 4 is 31.8 Å². The van der Waals surface area contributed by atoms with E-state index in [-0.39, 0.29) is 17.3 Å². The topological polar surface area (TPSA) is 90.0 Å². The van der Waals surface area contributed by atoms with Gasteiger partial charge < -0.3 is 10.3 Å². The third-order valence-electron chi connectivity index (χ3n) is 2.89. The number of rotatable bonds is 4. The average Bonchev–Trinajstić information content (AvgIpc) is 2.76. The van der Waals surface area contributed by atoms with Crippen LogP contribution in [0.25, 0.3) is 0 Å². The molecule has 0 aliphatic carbocycles. The van der Waals surface area contributed by atoms with E-state index in [0.29, 0.717) is 0 Å². The van der Waals surface area contributed by atoms with Crippen molar-refractivity contribution in [3.8, 4) is 0 Å². The minimum atomic E-state index is -3.66. The molecule has 2 aromatic rings. The molecule has 2 aromatic heterocycles. The maximum atomic E-state index is 12.3. The molecule has 0 aliphatic rings. The summed E-state index contributed by atoms with van der Waals surface area (Å²) in [6.45, 7) is 2.14. The van der Waals surface area contributed by atoms with Crippen LogP contribution in [-0.2, 0) is 23.6 Å². The summed E-state index contributed by atoms with van der Waals surface area (Å²) >= 11 is 3.32. The monoisotopic (exact) mass is 358 g/mol. The van der Waals surface area contributed by atoms with Crippen LogP contribution in [0.3, 0.4) is 0 Å². The molecule has 0 atom stereocenters. The van der Waals surface area contributed by atoms with Gasteiger partial charge in [0.15, 0.2) is 0 Å². The minimum absolute atomic E-state index is 0.169. The summed E-state index contributed by atoms with van der Waals surface area (Å²) in [7, 11) is -1.91. The molecule has 3 N–H and O–H groups in total. The molecular formula is C12H15BrN4O2S. The Hall–Kier alpha value is -1.38. The first-order valence-corrected chi connectivity index (χ1v) is 8.11. The van der Waals surface area contributed by atoms with E-state index in [9.17, 15) is 8.42 Å². The van der Waals surface area contributed by atoms with E-state index in [1.807, 2.05) is 6.92 Å². The van der Waals surface area contributed by atoms with E-state index in [0.717, 1.165) is 15.7 Å². The van der Waals surface area contributed by atoms with Crippen molar-refractivity contribution in [2.45, 2.75) is 18.4 Å². The lowest BCUT2D eigenvalue weighted by atomic mass is 10.3. The van der Waals surface area contributed by atoms with Gasteiger partial charge in [-0.3, -0.25) is 4.72 Å². The molecule has 0 aliphatic heterocycles. The van der Waals surface area contributed by atoms with E-state index in [4.69, 9.17) is 5.73 Å². The number of aromatic nitrogens is 2. The zero-order valence-corrected chi connectivity index (χ0v) is 13.5. The second-order valence-electron chi connectivity index (χ2n) is 4.41. The molecule has 0 radical (unpaired) electrons. The molecule has 8 heteroatoms. The zero-order valence-electron chi connectivity index (χ0n) is 11.1. The van der Waals surface area contributed by atoms with Crippen molar-refractivity contribution in [1.29, 1.82) is 0 Å². The quantitative estimate of drug-likeness (QED) is 0.870. The Morgan fingerprint density at radius 2 is 2.15 bits per heavy atom. The zero-order chi connectivity index (χ0) is 14.9. The second-order valence-corrected chi connectivity index (χ2v) is 6.94. The van der Waals surface area contributed by atoms with Crippen LogP contribution < -0.4 is 10.5 Å². The molecule has 0 spiro atoms. The van der Waals surface area contributed by atoms with Crippen LogP contribution >= 0.6 is 15.9 Å². The maximum Gasteiger partial charge on any atom is 0.264 e. The van der Waals surface area contributed by atoms with E-state index in [2.05, 4.69) is 25.6 Å². The van der Waals surface area contributed by atoms with Gasteiger partial charge in [-0.2, -0.15) is 0 Å². The third-order valence-corrected chi connectivity index (χ3v) is 5.04. The van der Waals surface area contributed by atoms with Gasteiger partial charge in [-0.1, -0.05) is 0 Å². The third kappa shape index (κ3) is 3.02. The van der Waals surface area contributed by atoms with Gasteiger partial charge in [-0.15, -0.1) is 0 Å². The summed E-state index contributed by atoms with van der Waals surface area (Å²) in [6.07, 6.45) is 3.08. The fourth-order valence-corrected chi connectivity index (χ4v) is 3.03. The summed E-state index contributed by atoms with van der Waals surface area (Å²) in [5.74, 6) is 0.281. The molecule has 2 heterocycles. The molecule has 108 valence electrons. The van der Waals surface area contributed by atoms with Crippen LogP contribution in [-0.4, -0.2) is 18.0 Å². The molecule has 0 bridgehead atoms. The van der Waals surface area contributed by atoms with Gasteiger partial charge in [0.25, 0.3) is 10.0 Å². The van der Waals surface area contributed by atoms with Crippen LogP contribution in [0, 0.1) is 6.92 Å². The van der Waals surface area contributed by atoms with E-state index in [1.165, 1.54) is 6.20 Å². The number of sulfonamides is 1. The highest BCUT2D eigenvalue weighted by Gasteiger charge is 2.18. The predicted molar refractivity (Wildman–Crippen MR) is 80.8 cm³/mol. The molecule has 0 saturated heterocycles. The van der Waals surface area contributed by atoms with Crippen molar-refractivity contribution in [1.82, 2.24) is 9.55 Å². The Balaban J connectivity index is 2.32.